The first-order chi connectivity index (χ1) is 11.3. The van der Waals surface area contributed by atoms with E-state index in [9.17, 15) is 19.4 Å². The van der Waals surface area contributed by atoms with E-state index in [1.165, 1.54) is 6.92 Å². The number of H-pyrrole nitrogens is 1. The number of alkyl halides is 1. The van der Waals surface area contributed by atoms with Crippen molar-refractivity contribution in [2.75, 3.05) is 12.3 Å². The number of nitrogens with two attached hydrogens (primary N) is 1. The standard InChI is InChI=1S/C14H14ClFN4O4/c1-2-3-14(15)9(22)7(5-21)24-12(14)20-4-6(16)8-10(20)18-13(17)19-11(8)23/h4,7,9,12,21-22H,5H2,1H3,(H3,17,18,19,23)/t7-,9?,12?,14?/m1/s1. The highest BCUT2D eigenvalue weighted by atomic mass is 35.5. The van der Waals surface area contributed by atoms with Crippen molar-refractivity contribution in [2.24, 2.45) is 0 Å². The minimum Gasteiger partial charge on any atom is -0.394 e. The summed E-state index contributed by atoms with van der Waals surface area (Å²) in [4.78, 5) is 16.4. The second kappa shape index (κ2) is 5.75. The van der Waals surface area contributed by atoms with Crippen LogP contribution in [0.25, 0.3) is 11.0 Å². The lowest BCUT2D eigenvalue weighted by atomic mass is 9.99. The number of hydrogen-bond donors (Lipinski definition) is 4. The van der Waals surface area contributed by atoms with Gasteiger partial charge in [-0.1, -0.05) is 17.5 Å². The Morgan fingerprint density at radius 1 is 1.67 bits per heavy atom. The number of aliphatic hydroxyl groups is 2. The van der Waals surface area contributed by atoms with Crippen molar-refractivity contribution in [1.29, 1.82) is 0 Å². The molecule has 0 amide bonds. The quantitative estimate of drug-likeness (QED) is 0.432. The first-order valence-corrected chi connectivity index (χ1v) is 7.34. The molecule has 10 heteroatoms. The lowest BCUT2D eigenvalue weighted by Gasteiger charge is -2.25. The predicted octanol–water partition coefficient (Wildman–Crippen LogP) is -0.303. The Kier molecular flexibility index (Phi) is 4.01. The smallest absolute Gasteiger partial charge is 0.264 e. The fourth-order valence-electron chi connectivity index (χ4n) is 2.80. The molecule has 4 atom stereocenters. The van der Waals surface area contributed by atoms with Gasteiger partial charge in [0.05, 0.1) is 6.61 Å². The van der Waals surface area contributed by atoms with Crippen molar-refractivity contribution in [3.8, 4) is 11.8 Å². The largest absolute Gasteiger partial charge is 0.394 e. The number of aliphatic hydroxyl groups excluding tert-OH is 2. The number of nitrogens with one attached hydrogen (secondary N) is 1. The Morgan fingerprint density at radius 2 is 2.38 bits per heavy atom. The zero-order valence-corrected chi connectivity index (χ0v) is 13.2. The summed E-state index contributed by atoms with van der Waals surface area (Å²) >= 11 is 6.44. The lowest BCUT2D eigenvalue weighted by molar-refractivity contribution is -0.0436. The van der Waals surface area contributed by atoms with Crippen LogP contribution in [-0.2, 0) is 4.74 Å². The number of nitrogen functional groups attached to an aromatic ring is 1. The van der Waals surface area contributed by atoms with Crippen LogP contribution >= 0.6 is 11.6 Å². The third-order valence-electron chi connectivity index (χ3n) is 3.85. The molecule has 0 radical (unpaired) electrons. The maximum Gasteiger partial charge on any atom is 0.264 e. The third-order valence-corrected chi connectivity index (χ3v) is 4.35. The number of aromatic amines is 1. The van der Waals surface area contributed by atoms with Gasteiger partial charge < -0.3 is 20.7 Å². The second-order valence-electron chi connectivity index (χ2n) is 5.33. The van der Waals surface area contributed by atoms with Crippen LogP contribution in [0.3, 0.4) is 0 Å². The van der Waals surface area contributed by atoms with Crippen LogP contribution in [0.2, 0.25) is 0 Å². The lowest BCUT2D eigenvalue weighted by Crippen LogP contribution is -2.41. The predicted molar refractivity (Wildman–Crippen MR) is 83.8 cm³/mol. The maximum absolute atomic E-state index is 14.2. The van der Waals surface area contributed by atoms with Gasteiger partial charge in [0, 0.05) is 6.20 Å². The summed E-state index contributed by atoms with van der Waals surface area (Å²) in [7, 11) is 0. The highest BCUT2D eigenvalue weighted by Crippen LogP contribution is 2.44. The number of rotatable bonds is 2. The summed E-state index contributed by atoms with van der Waals surface area (Å²) in [6, 6.07) is 0. The molecule has 0 aromatic carbocycles. The highest BCUT2D eigenvalue weighted by molar-refractivity contribution is 6.27. The topological polar surface area (TPSA) is 126 Å². The van der Waals surface area contributed by atoms with E-state index in [2.05, 4.69) is 21.8 Å². The molecular weight excluding hydrogens is 343 g/mol. The van der Waals surface area contributed by atoms with Crippen LogP contribution in [0, 0.1) is 17.7 Å². The molecule has 1 saturated heterocycles. The van der Waals surface area contributed by atoms with Crippen LogP contribution in [0.15, 0.2) is 11.0 Å². The zero-order valence-electron chi connectivity index (χ0n) is 12.5. The Balaban J connectivity index is 2.26. The Hall–Kier alpha value is -2.12. The summed E-state index contributed by atoms with van der Waals surface area (Å²) < 4.78 is 20.9. The van der Waals surface area contributed by atoms with Crippen molar-refractivity contribution in [3.63, 3.8) is 0 Å². The van der Waals surface area contributed by atoms with E-state index < -0.39 is 41.3 Å². The van der Waals surface area contributed by atoms with Gasteiger partial charge in [-0.15, -0.1) is 5.92 Å². The number of halogens is 2. The van der Waals surface area contributed by atoms with E-state index in [1.807, 2.05) is 0 Å². The third kappa shape index (κ3) is 2.27. The number of ether oxygens (including phenoxy) is 1. The molecule has 0 aliphatic carbocycles. The average Bonchev–Trinajstić information content (AvgIpc) is 2.96. The molecule has 24 heavy (non-hydrogen) atoms. The fraction of sp³-hybridized carbons (Fsp3) is 0.429. The molecule has 3 heterocycles. The number of hydrogen-bond acceptors (Lipinski definition) is 6. The molecule has 128 valence electrons. The van der Waals surface area contributed by atoms with Crippen LogP contribution in [0.5, 0.6) is 0 Å². The van der Waals surface area contributed by atoms with E-state index in [4.69, 9.17) is 22.1 Å². The van der Waals surface area contributed by atoms with Crippen molar-refractivity contribution in [3.05, 3.63) is 22.4 Å². The van der Waals surface area contributed by atoms with Crippen molar-refractivity contribution < 1.29 is 19.3 Å². The molecule has 0 saturated carbocycles. The molecular formula is C14H14ClFN4O4. The summed E-state index contributed by atoms with van der Waals surface area (Å²) in [5, 5.41) is 19.3. The number of fused-ring (bicyclic) bond motifs is 1. The Labute approximate surface area is 140 Å². The number of nitrogens with zero attached hydrogens (tertiary/aromatic N) is 2. The number of anilines is 1. The molecule has 0 bridgehead atoms. The van der Waals surface area contributed by atoms with Gasteiger partial charge >= 0.3 is 0 Å². The van der Waals surface area contributed by atoms with E-state index in [1.54, 1.807) is 0 Å². The van der Waals surface area contributed by atoms with Crippen LogP contribution in [0.4, 0.5) is 10.3 Å². The van der Waals surface area contributed by atoms with Gasteiger partial charge in [0.25, 0.3) is 5.56 Å². The van der Waals surface area contributed by atoms with Gasteiger partial charge in [-0.3, -0.25) is 14.3 Å². The minimum absolute atomic E-state index is 0.104. The van der Waals surface area contributed by atoms with Gasteiger partial charge in [0.1, 0.15) is 17.6 Å². The average molecular weight is 357 g/mol. The summed E-state index contributed by atoms with van der Waals surface area (Å²) in [5.74, 6) is 4.14. The first kappa shape index (κ1) is 16.7. The molecule has 1 aliphatic rings. The fourth-order valence-corrected chi connectivity index (χ4v) is 3.19. The van der Waals surface area contributed by atoms with E-state index in [-0.39, 0.29) is 17.0 Å². The van der Waals surface area contributed by atoms with Gasteiger partial charge in [-0.05, 0) is 6.92 Å². The van der Waals surface area contributed by atoms with Crippen molar-refractivity contribution in [2.45, 2.75) is 30.2 Å². The zero-order chi connectivity index (χ0) is 17.6. The SMILES string of the molecule is CC#CC1(Cl)C(O)[C@@H](CO)OC1n1cc(F)c2c(=O)[nH]c(N)nc21. The van der Waals surface area contributed by atoms with Crippen molar-refractivity contribution in [1.82, 2.24) is 14.5 Å². The number of aromatic nitrogens is 3. The minimum atomic E-state index is -1.67. The van der Waals surface area contributed by atoms with Gasteiger partial charge in [0.2, 0.25) is 5.95 Å². The Bertz CT molecular complexity index is 917. The molecule has 8 nitrogen and oxygen atoms in total. The molecule has 3 unspecified atom stereocenters. The van der Waals surface area contributed by atoms with Gasteiger partial charge in [-0.25, -0.2) is 4.39 Å². The summed E-state index contributed by atoms with van der Waals surface area (Å²) in [5.41, 5.74) is 4.65. The van der Waals surface area contributed by atoms with Crippen molar-refractivity contribution >= 4 is 28.6 Å². The normalized spacial score (nSPS) is 29.6. The van der Waals surface area contributed by atoms with Crippen LogP contribution < -0.4 is 11.3 Å². The molecule has 2 aromatic heterocycles. The second-order valence-corrected chi connectivity index (χ2v) is 5.96. The van der Waals surface area contributed by atoms with E-state index in [0.29, 0.717) is 0 Å². The molecule has 3 rings (SSSR count). The maximum atomic E-state index is 14.2. The molecule has 5 N–H and O–H groups in total. The monoisotopic (exact) mass is 356 g/mol. The van der Waals surface area contributed by atoms with Crippen LogP contribution in [0.1, 0.15) is 13.2 Å². The van der Waals surface area contributed by atoms with Gasteiger partial charge in [-0.2, -0.15) is 4.98 Å². The summed E-state index contributed by atoms with van der Waals surface area (Å²) in [6.07, 6.45) is -2.60. The van der Waals surface area contributed by atoms with E-state index >= 15 is 0 Å². The Morgan fingerprint density at radius 3 is 3.00 bits per heavy atom. The van der Waals surface area contributed by atoms with E-state index in [0.717, 1.165) is 10.8 Å². The molecule has 2 aromatic rings. The molecule has 0 spiro atoms. The first-order valence-electron chi connectivity index (χ1n) is 6.96. The van der Waals surface area contributed by atoms with Crippen LogP contribution in [-0.4, -0.2) is 48.4 Å². The molecule has 1 aliphatic heterocycles. The summed E-state index contributed by atoms with van der Waals surface area (Å²) in [6.45, 7) is 0.991. The molecule has 1 fully saturated rings. The highest BCUT2D eigenvalue weighted by Gasteiger charge is 2.56. The van der Waals surface area contributed by atoms with Gasteiger partial charge in [0.15, 0.2) is 22.6 Å².